The number of pyridine rings is 1. The van der Waals surface area contributed by atoms with E-state index in [9.17, 15) is 4.79 Å². The maximum Gasteiger partial charge on any atom is 0.321 e. The number of aromatic nitrogens is 1. The van der Waals surface area contributed by atoms with Crippen molar-refractivity contribution in [2.24, 2.45) is 0 Å². The monoisotopic (exact) mass is 336 g/mol. The minimum atomic E-state index is -0.0267. The molecule has 1 N–H and O–H groups in total. The lowest BCUT2D eigenvalue weighted by Crippen LogP contribution is -2.36. The van der Waals surface area contributed by atoms with Crippen molar-refractivity contribution in [1.29, 1.82) is 0 Å². The lowest BCUT2D eigenvalue weighted by molar-refractivity contribution is 0.216. The molecule has 3 rings (SSSR count). The summed E-state index contributed by atoms with van der Waals surface area (Å²) in [6, 6.07) is 14.1. The number of hydrogen-bond donors (Lipinski definition) is 1. The zero-order chi connectivity index (χ0) is 17.6. The van der Waals surface area contributed by atoms with Crippen LogP contribution in [0.2, 0.25) is 0 Å². The molecule has 1 aromatic carbocycles. The SMILES string of the molecule is CN(C)[C@H]1CCN(C(=O)Nc2ccc(/C=C/c3ccccn3)cc2)C1. The van der Waals surface area contributed by atoms with Crippen LogP contribution in [0, 0.1) is 0 Å². The van der Waals surface area contributed by atoms with Crippen LogP contribution < -0.4 is 5.32 Å². The van der Waals surface area contributed by atoms with Gasteiger partial charge in [0.1, 0.15) is 0 Å². The average Bonchev–Trinajstić information content (AvgIpc) is 3.13. The molecule has 0 bridgehead atoms. The van der Waals surface area contributed by atoms with Crippen molar-refractivity contribution in [3.63, 3.8) is 0 Å². The molecule has 5 nitrogen and oxygen atoms in total. The first kappa shape index (κ1) is 17.2. The summed E-state index contributed by atoms with van der Waals surface area (Å²) in [5, 5.41) is 2.98. The summed E-state index contributed by atoms with van der Waals surface area (Å²) in [6.45, 7) is 1.59. The van der Waals surface area contributed by atoms with Gasteiger partial charge in [0.05, 0.1) is 5.69 Å². The Morgan fingerprint density at radius 2 is 2.00 bits per heavy atom. The number of likely N-dealkylation sites (N-methyl/N-ethyl adjacent to an activating group) is 1. The van der Waals surface area contributed by atoms with Crippen LogP contribution in [-0.4, -0.2) is 54.0 Å². The van der Waals surface area contributed by atoms with E-state index in [0.717, 1.165) is 36.5 Å². The first-order chi connectivity index (χ1) is 12.1. The molecular weight excluding hydrogens is 312 g/mol. The van der Waals surface area contributed by atoms with E-state index in [-0.39, 0.29) is 6.03 Å². The minimum absolute atomic E-state index is 0.0267. The van der Waals surface area contributed by atoms with Gasteiger partial charge in [-0.25, -0.2) is 4.79 Å². The van der Waals surface area contributed by atoms with Crippen molar-refractivity contribution in [2.75, 3.05) is 32.5 Å². The van der Waals surface area contributed by atoms with Crippen LogP contribution >= 0.6 is 0 Å². The number of anilines is 1. The van der Waals surface area contributed by atoms with Crippen LogP contribution in [0.3, 0.4) is 0 Å². The van der Waals surface area contributed by atoms with Crippen molar-refractivity contribution in [2.45, 2.75) is 12.5 Å². The van der Waals surface area contributed by atoms with E-state index in [1.165, 1.54) is 0 Å². The van der Waals surface area contributed by atoms with E-state index in [2.05, 4.69) is 29.3 Å². The van der Waals surface area contributed by atoms with E-state index >= 15 is 0 Å². The highest BCUT2D eigenvalue weighted by atomic mass is 16.2. The Labute approximate surface area is 149 Å². The average molecular weight is 336 g/mol. The molecule has 2 amide bonds. The smallest absolute Gasteiger partial charge is 0.321 e. The summed E-state index contributed by atoms with van der Waals surface area (Å²) in [6.07, 6.45) is 6.78. The van der Waals surface area contributed by atoms with Gasteiger partial charge in [-0.05, 0) is 56.4 Å². The molecule has 2 heterocycles. The largest absolute Gasteiger partial charge is 0.323 e. The number of urea groups is 1. The fourth-order valence-corrected chi connectivity index (χ4v) is 2.88. The van der Waals surface area contributed by atoms with Crippen LogP contribution in [-0.2, 0) is 0 Å². The van der Waals surface area contributed by atoms with E-state index < -0.39 is 0 Å². The Kier molecular flexibility index (Phi) is 5.46. The lowest BCUT2D eigenvalue weighted by Gasteiger charge is -2.20. The van der Waals surface area contributed by atoms with Gasteiger partial charge in [0.2, 0.25) is 0 Å². The third-order valence-electron chi connectivity index (χ3n) is 4.48. The maximum atomic E-state index is 12.4. The molecule has 5 heteroatoms. The normalized spacial score (nSPS) is 17.4. The molecule has 130 valence electrons. The highest BCUT2D eigenvalue weighted by Crippen LogP contribution is 2.16. The quantitative estimate of drug-likeness (QED) is 0.931. The molecule has 1 aliphatic rings. The molecule has 1 aliphatic heterocycles. The van der Waals surface area contributed by atoms with Crippen molar-refractivity contribution < 1.29 is 4.79 Å². The van der Waals surface area contributed by atoms with E-state index in [1.54, 1.807) is 6.20 Å². The number of benzene rings is 1. The summed E-state index contributed by atoms with van der Waals surface area (Å²) in [5.41, 5.74) is 2.80. The zero-order valence-electron chi connectivity index (χ0n) is 14.7. The molecule has 0 unspecified atom stereocenters. The molecule has 0 saturated carbocycles. The van der Waals surface area contributed by atoms with Gasteiger partial charge < -0.3 is 15.1 Å². The zero-order valence-corrected chi connectivity index (χ0v) is 14.7. The van der Waals surface area contributed by atoms with Crippen LogP contribution in [0.25, 0.3) is 12.2 Å². The van der Waals surface area contributed by atoms with Crippen molar-refractivity contribution >= 4 is 23.9 Å². The molecule has 1 saturated heterocycles. The second kappa shape index (κ2) is 7.94. The molecule has 1 atom stereocenters. The summed E-state index contributed by atoms with van der Waals surface area (Å²) in [4.78, 5) is 20.7. The van der Waals surface area contributed by atoms with Gasteiger partial charge in [-0.3, -0.25) is 4.98 Å². The molecule has 0 spiro atoms. The highest BCUT2D eigenvalue weighted by Gasteiger charge is 2.27. The Bertz CT molecular complexity index is 725. The van der Waals surface area contributed by atoms with Crippen LogP contribution in [0.5, 0.6) is 0 Å². The topological polar surface area (TPSA) is 48.5 Å². The molecule has 1 fully saturated rings. The lowest BCUT2D eigenvalue weighted by atomic mass is 10.2. The number of nitrogens with one attached hydrogen (secondary N) is 1. The molecule has 2 aromatic rings. The second-order valence-electron chi connectivity index (χ2n) is 6.49. The van der Waals surface area contributed by atoms with Gasteiger partial charge in [0.15, 0.2) is 0 Å². The van der Waals surface area contributed by atoms with Crippen molar-refractivity contribution in [1.82, 2.24) is 14.8 Å². The summed E-state index contributed by atoms with van der Waals surface area (Å²) >= 11 is 0. The summed E-state index contributed by atoms with van der Waals surface area (Å²) < 4.78 is 0. The van der Waals surface area contributed by atoms with Crippen LogP contribution in [0.15, 0.2) is 48.7 Å². The first-order valence-corrected chi connectivity index (χ1v) is 8.53. The number of carbonyl (C=O) groups excluding carboxylic acids is 1. The van der Waals surface area contributed by atoms with E-state index in [0.29, 0.717) is 6.04 Å². The summed E-state index contributed by atoms with van der Waals surface area (Å²) in [5.74, 6) is 0. The first-order valence-electron chi connectivity index (χ1n) is 8.53. The van der Waals surface area contributed by atoms with Gasteiger partial charge in [-0.2, -0.15) is 0 Å². The van der Waals surface area contributed by atoms with Crippen molar-refractivity contribution in [3.05, 3.63) is 59.9 Å². The number of likely N-dealkylation sites (tertiary alicyclic amines) is 1. The van der Waals surface area contributed by atoms with E-state index in [4.69, 9.17) is 0 Å². The predicted octanol–water partition coefficient (Wildman–Crippen LogP) is 3.42. The Balaban J connectivity index is 1.56. The third kappa shape index (κ3) is 4.67. The molecule has 25 heavy (non-hydrogen) atoms. The van der Waals surface area contributed by atoms with Crippen LogP contribution in [0.1, 0.15) is 17.7 Å². The number of nitrogens with zero attached hydrogens (tertiary/aromatic N) is 3. The molecule has 0 radical (unpaired) electrons. The van der Waals surface area contributed by atoms with Crippen LogP contribution in [0.4, 0.5) is 10.5 Å². The fraction of sp³-hybridized carbons (Fsp3) is 0.300. The number of amides is 2. The Morgan fingerprint density at radius 1 is 1.20 bits per heavy atom. The Morgan fingerprint density at radius 3 is 2.64 bits per heavy atom. The minimum Gasteiger partial charge on any atom is -0.323 e. The number of hydrogen-bond acceptors (Lipinski definition) is 3. The van der Waals surface area contributed by atoms with Crippen molar-refractivity contribution in [3.8, 4) is 0 Å². The van der Waals surface area contributed by atoms with Gasteiger partial charge >= 0.3 is 6.03 Å². The van der Waals surface area contributed by atoms with Gasteiger partial charge in [-0.15, -0.1) is 0 Å². The van der Waals surface area contributed by atoms with Gasteiger partial charge in [-0.1, -0.05) is 24.3 Å². The number of rotatable bonds is 4. The Hall–Kier alpha value is -2.66. The standard InChI is InChI=1S/C20H24N4O/c1-23(2)19-12-14-24(15-19)20(25)22-18-10-7-16(8-11-18)6-9-17-5-3-4-13-21-17/h3-11,13,19H,12,14-15H2,1-2H3,(H,22,25)/b9-6+/t19-/m0/s1. The maximum absolute atomic E-state index is 12.4. The molecular formula is C20H24N4O. The molecule has 0 aliphatic carbocycles. The third-order valence-corrected chi connectivity index (χ3v) is 4.48. The highest BCUT2D eigenvalue weighted by molar-refractivity contribution is 5.89. The van der Waals surface area contributed by atoms with Gasteiger partial charge in [0.25, 0.3) is 0 Å². The fourth-order valence-electron chi connectivity index (χ4n) is 2.88. The summed E-state index contributed by atoms with van der Waals surface area (Å²) in [7, 11) is 4.12. The second-order valence-corrected chi connectivity index (χ2v) is 6.49. The number of carbonyl (C=O) groups is 1. The van der Waals surface area contributed by atoms with Gasteiger partial charge in [0, 0.05) is 31.0 Å². The van der Waals surface area contributed by atoms with E-state index in [1.807, 2.05) is 59.5 Å². The molecule has 1 aromatic heterocycles. The predicted molar refractivity (Wildman–Crippen MR) is 102 cm³/mol.